The van der Waals surface area contributed by atoms with Gasteiger partial charge in [0, 0.05) is 18.1 Å². The molecule has 0 radical (unpaired) electrons. The Hall–Kier alpha value is -0.770. The van der Waals surface area contributed by atoms with Crippen molar-refractivity contribution in [3.05, 3.63) is 0 Å². The molecule has 0 bridgehead atoms. The highest BCUT2D eigenvalue weighted by Gasteiger charge is 2.25. The molecule has 0 aromatic rings. The van der Waals surface area contributed by atoms with Gasteiger partial charge in [-0.25, -0.2) is 4.79 Å². The zero-order chi connectivity index (χ0) is 12.9. The molecule has 1 aliphatic rings. The lowest BCUT2D eigenvalue weighted by Gasteiger charge is -2.31. The Bertz CT molecular complexity index is 242. The highest BCUT2D eigenvalue weighted by Crippen LogP contribution is 2.26. The Morgan fingerprint density at radius 1 is 1.29 bits per heavy atom. The fourth-order valence-corrected chi connectivity index (χ4v) is 2.45. The van der Waals surface area contributed by atoms with E-state index in [1.54, 1.807) is 0 Å². The van der Waals surface area contributed by atoms with Crippen molar-refractivity contribution in [2.75, 3.05) is 6.54 Å². The second-order valence-electron chi connectivity index (χ2n) is 6.09. The van der Waals surface area contributed by atoms with Crippen molar-refractivity contribution >= 4 is 6.03 Å². The van der Waals surface area contributed by atoms with Crippen LogP contribution in [-0.2, 0) is 0 Å². The first-order chi connectivity index (χ1) is 7.92. The lowest BCUT2D eigenvalue weighted by molar-refractivity contribution is 0.214. The van der Waals surface area contributed by atoms with Crippen molar-refractivity contribution in [1.82, 2.24) is 10.6 Å². The Labute approximate surface area is 105 Å². The van der Waals surface area contributed by atoms with Gasteiger partial charge in [-0.3, -0.25) is 0 Å². The molecule has 1 saturated carbocycles. The minimum absolute atomic E-state index is 0.0986. The van der Waals surface area contributed by atoms with Crippen LogP contribution in [0.25, 0.3) is 0 Å². The highest BCUT2D eigenvalue weighted by atomic mass is 16.2. The summed E-state index contributed by atoms with van der Waals surface area (Å²) in [4.78, 5) is 11.8. The van der Waals surface area contributed by atoms with Crippen molar-refractivity contribution in [1.29, 1.82) is 0 Å². The average molecular weight is 241 g/mol. The van der Waals surface area contributed by atoms with Crippen molar-refractivity contribution in [3.8, 4) is 0 Å². The van der Waals surface area contributed by atoms with Gasteiger partial charge < -0.3 is 16.4 Å². The number of hydrogen-bond donors (Lipinski definition) is 3. The van der Waals surface area contributed by atoms with Crippen LogP contribution < -0.4 is 16.4 Å². The predicted octanol–water partition coefficient (Wildman–Crippen LogP) is 1.99. The quantitative estimate of drug-likeness (QED) is 0.707. The van der Waals surface area contributed by atoms with Gasteiger partial charge >= 0.3 is 6.03 Å². The summed E-state index contributed by atoms with van der Waals surface area (Å²) >= 11 is 0. The van der Waals surface area contributed by atoms with E-state index in [9.17, 15) is 4.79 Å². The van der Waals surface area contributed by atoms with Gasteiger partial charge in [-0.1, -0.05) is 19.3 Å². The Balaban J connectivity index is 2.42. The van der Waals surface area contributed by atoms with Crippen LogP contribution in [0.5, 0.6) is 0 Å². The predicted molar refractivity (Wildman–Crippen MR) is 70.8 cm³/mol. The van der Waals surface area contributed by atoms with Crippen LogP contribution in [0.4, 0.5) is 4.79 Å². The van der Waals surface area contributed by atoms with Gasteiger partial charge in [-0.05, 0) is 39.5 Å². The average Bonchev–Trinajstić information content (AvgIpc) is 2.24. The maximum absolute atomic E-state index is 11.8. The number of nitrogens with one attached hydrogen (secondary N) is 2. The van der Waals surface area contributed by atoms with Crippen LogP contribution in [0.3, 0.4) is 0 Å². The first-order valence-corrected chi connectivity index (χ1v) is 6.71. The first kappa shape index (κ1) is 14.3. The van der Waals surface area contributed by atoms with Gasteiger partial charge in [0.05, 0.1) is 0 Å². The molecule has 0 saturated heterocycles. The molecule has 1 aliphatic carbocycles. The zero-order valence-corrected chi connectivity index (χ0v) is 11.4. The van der Waals surface area contributed by atoms with Crippen LogP contribution in [0, 0.1) is 5.92 Å². The molecule has 1 atom stereocenters. The minimum Gasteiger partial charge on any atom is -0.334 e. The number of urea groups is 1. The molecule has 0 aromatic carbocycles. The molecular formula is C13H27N3O. The summed E-state index contributed by atoms with van der Waals surface area (Å²) in [5, 5.41) is 5.94. The van der Waals surface area contributed by atoms with Gasteiger partial charge in [-0.2, -0.15) is 0 Å². The highest BCUT2D eigenvalue weighted by molar-refractivity contribution is 5.75. The molecule has 1 rings (SSSR count). The Morgan fingerprint density at radius 2 is 1.88 bits per heavy atom. The fraction of sp³-hybridized carbons (Fsp3) is 0.923. The van der Waals surface area contributed by atoms with E-state index in [0.717, 1.165) is 0 Å². The normalized spacial score (nSPS) is 19.8. The molecule has 4 heteroatoms. The maximum Gasteiger partial charge on any atom is 0.315 e. The summed E-state index contributed by atoms with van der Waals surface area (Å²) in [7, 11) is 0. The maximum atomic E-state index is 11.8. The molecule has 2 amide bonds. The Kier molecular flexibility index (Phi) is 5.25. The summed E-state index contributed by atoms with van der Waals surface area (Å²) in [5.41, 5.74) is 5.57. The van der Waals surface area contributed by atoms with Crippen LogP contribution in [0.2, 0.25) is 0 Å². The van der Waals surface area contributed by atoms with E-state index in [1.807, 2.05) is 20.8 Å². The number of amides is 2. The van der Waals surface area contributed by atoms with Gasteiger partial charge in [0.1, 0.15) is 0 Å². The van der Waals surface area contributed by atoms with Crippen molar-refractivity contribution in [3.63, 3.8) is 0 Å². The van der Waals surface area contributed by atoms with E-state index in [-0.39, 0.29) is 17.6 Å². The largest absolute Gasteiger partial charge is 0.334 e. The van der Waals surface area contributed by atoms with Gasteiger partial charge in [0.25, 0.3) is 0 Å². The number of carbonyl (C=O) groups excluding carboxylic acids is 1. The first-order valence-electron chi connectivity index (χ1n) is 6.71. The molecule has 4 N–H and O–H groups in total. The van der Waals surface area contributed by atoms with E-state index in [4.69, 9.17) is 5.73 Å². The second kappa shape index (κ2) is 6.24. The molecule has 0 heterocycles. The second-order valence-corrected chi connectivity index (χ2v) is 6.09. The van der Waals surface area contributed by atoms with Crippen LogP contribution in [0.1, 0.15) is 52.9 Å². The summed E-state index contributed by atoms with van der Waals surface area (Å²) in [6, 6.07) is 0.0242. The third kappa shape index (κ3) is 5.39. The molecule has 100 valence electrons. The molecule has 4 nitrogen and oxygen atoms in total. The molecular weight excluding hydrogens is 214 g/mol. The lowest BCUT2D eigenvalue weighted by atomic mass is 9.84. The molecule has 0 aliphatic heterocycles. The van der Waals surface area contributed by atoms with Gasteiger partial charge in [0.15, 0.2) is 0 Å². The number of rotatable bonds is 3. The fourth-order valence-electron chi connectivity index (χ4n) is 2.45. The monoisotopic (exact) mass is 241 g/mol. The molecule has 1 unspecified atom stereocenters. The van der Waals surface area contributed by atoms with E-state index in [1.165, 1.54) is 32.1 Å². The Morgan fingerprint density at radius 3 is 2.35 bits per heavy atom. The number of hydrogen-bond acceptors (Lipinski definition) is 2. The van der Waals surface area contributed by atoms with Crippen LogP contribution in [0.15, 0.2) is 0 Å². The summed E-state index contributed by atoms with van der Waals surface area (Å²) in [6.45, 7) is 6.46. The zero-order valence-electron chi connectivity index (χ0n) is 11.4. The summed E-state index contributed by atoms with van der Waals surface area (Å²) in [5.74, 6) is 0.555. The van der Waals surface area contributed by atoms with Gasteiger partial charge in [-0.15, -0.1) is 0 Å². The standard InChI is InChI=1S/C13H27N3O/c1-13(2,3)16-12(17)15-11(9-14)10-7-5-4-6-8-10/h10-11H,4-9,14H2,1-3H3,(H2,15,16,17). The third-order valence-corrected chi connectivity index (χ3v) is 3.28. The van der Waals surface area contributed by atoms with Crippen molar-refractivity contribution < 1.29 is 4.79 Å². The van der Waals surface area contributed by atoms with Crippen molar-refractivity contribution in [2.45, 2.75) is 64.5 Å². The lowest BCUT2D eigenvalue weighted by Crippen LogP contribution is -2.53. The van der Waals surface area contributed by atoms with Gasteiger partial charge in [0.2, 0.25) is 0 Å². The van der Waals surface area contributed by atoms with Crippen LogP contribution >= 0.6 is 0 Å². The van der Waals surface area contributed by atoms with Crippen molar-refractivity contribution in [2.24, 2.45) is 11.7 Å². The van der Waals surface area contributed by atoms with E-state index >= 15 is 0 Å². The van der Waals surface area contributed by atoms with E-state index in [0.29, 0.717) is 12.5 Å². The summed E-state index contributed by atoms with van der Waals surface area (Å²) in [6.07, 6.45) is 6.24. The molecule has 0 spiro atoms. The SMILES string of the molecule is CC(C)(C)NC(=O)NC(CN)C1CCCCC1. The summed E-state index contributed by atoms with van der Waals surface area (Å²) < 4.78 is 0. The third-order valence-electron chi connectivity index (χ3n) is 3.28. The number of carbonyl (C=O) groups is 1. The van der Waals surface area contributed by atoms with E-state index < -0.39 is 0 Å². The smallest absolute Gasteiger partial charge is 0.315 e. The topological polar surface area (TPSA) is 67.2 Å². The number of nitrogens with two attached hydrogens (primary N) is 1. The minimum atomic E-state index is -0.199. The van der Waals surface area contributed by atoms with Crippen LogP contribution in [-0.4, -0.2) is 24.2 Å². The van der Waals surface area contributed by atoms with E-state index in [2.05, 4.69) is 10.6 Å². The molecule has 17 heavy (non-hydrogen) atoms. The molecule has 1 fully saturated rings. The molecule has 0 aromatic heterocycles.